The van der Waals surface area contributed by atoms with Crippen molar-refractivity contribution in [2.45, 2.75) is 0 Å². The molecule has 2 aromatic rings. The average molecular weight is 351 g/mol. The van der Waals surface area contributed by atoms with Gasteiger partial charge in [0.05, 0.1) is 0 Å². The topological polar surface area (TPSA) is 47.3 Å². The van der Waals surface area contributed by atoms with Crippen LogP contribution in [0.1, 0.15) is 5.56 Å². The fourth-order valence-corrected chi connectivity index (χ4v) is 2.29. The number of ether oxygens (including phenoxy) is 1. The van der Waals surface area contributed by atoms with Gasteiger partial charge in [-0.1, -0.05) is 46.3 Å². The van der Waals surface area contributed by atoms with Crippen LogP contribution < -0.4 is 15.8 Å². The van der Waals surface area contributed by atoms with E-state index >= 15 is 0 Å². The van der Waals surface area contributed by atoms with E-state index in [4.69, 9.17) is 22.7 Å². The van der Waals surface area contributed by atoms with Gasteiger partial charge in [0.2, 0.25) is 0 Å². The van der Waals surface area contributed by atoms with Crippen molar-refractivity contribution in [3.8, 4) is 5.75 Å². The Morgan fingerprint density at radius 1 is 1.20 bits per heavy atom. The normalized spacial score (nSPS) is 10.1. The van der Waals surface area contributed by atoms with Crippen molar-refractivity contribution >= 4 is 38.8 Å². The third kappa shape index (κ3) is 4.21. The first-order valence-corrected chi connectivity index (χ1v) is 7.38. The third-order valence-corrected chi connectivity index (χ3v) is 3.39. The molecule has 3 N–H and O–H groups in total. The molecular weight excluding hydrogens is 336 g/mol. The van der Waals surface area contributed by atoms with Crippen LogP contribution >= 0.6 is 28.1 Å². The highest BCUT2D eigenvalue weighted by Crippen LogP contribution is 2.21. The highest BCUT2D eigenvalue weighted by Gasteiger charge is 2.05. The fraction of sp³-hybridized carbons (Fsp3) is 0.133. The Morgan fingerprint density at radius 3 is 2.65 bits per heavy atom. The molecule has 5 heteroatoms. The molecule has 0 aliphatic carbocycles. The molecule has 0 amide bonds. The number of nitrogens with two attached hydrogens (primary N) is 1. The summed E-state index contributed by atoms with van der Waals surface area (Å²) in [6, 6.07) is 15.5. The Labute approximate surface area is 132 Å². The first kappa shape index (κ1) is 14.8. The van der Waals surface area contributed by atoms with Crippen molar-refractivity contribution in [2.75, 3.05) is 18.5 Å². The smallest absolute Gasteiger partial charge is 0.119 e. The van der Waals surface area contributed by atoms with E-state index in [-0.39, 0.29) is 0 Å². The Hall–Kier alpha value is -1.59. The molecule has 3 nitrogen and oxygen atoms in total. The van der Waals surface area contributed by atoms with Crippen LogP contribution in [0.4, 0.5) is 5.69 Å². The molecular formula is C15H15BrN2OS. The highest BCUT2D eigenvalue weighted by molar-refractivity contribution is 9.10. The summed E-state index contributed by atoms with van der Waals surface area (Å²) < 4.78 is 6.60. The van der Waals surface area contributed by atoms with Crippen LogP contribution in [0.15, 0.2) is 53.0 Å². The fourth-order valence-electron chi connectivity index (χ4n) is 1.75. The quantitative estimate of drug-likeness (QED) is 0.617. The molecule has 0 spiro atoms. The molecule has 0 atom stereocenters. The SMILES string of the molecule is NC(=S)c1ccc(Br)cc1NCCOc1ccccc1. The zero-order chi connectivity index (χ0) is 14.4. The molecule has 2 rings (SSSR count). The zero-order valence-corrected chi connectivity index (χ0v) is 13.2. The number of para-hydroxylation sites is 1. The van der Waals surface area contributed by atoms with Gasteiger partial charge in [0.25, 0.3) is 0 Å². The molecule has 104 valence electrons. The number of thiocarbonyl (C=S) groups is 1. The van der Waals surface area contributed by atoms with E-state index in [9.17, 15) is 0 Å². The number of nitrogens with one attached hydrogen (secondary N) is 1. The monoisotopic (exact) mass is 350 g/mol. The first-order valence-electron chi connectivity index (χ1n) is 6.18. The largest absolute Gasteiger partial charge is 0.492 e. The van der Waals surface area contributed by atoms with Crippen LogP contribution in [0.2, 0.25) is 0 Å². The molecule has 0 radical (unpaired) electrons. The summed E-state index contributed by atoms with van der Waals surface area (Å²) in [6.45, 7) is 1.23. The number of rotatable bonds is 6. The van der Waals surface area contributed by atoms with Crippen molar-refractivity contribution in [2.24, 2.45) is 5.73 Å². The van der Waals surface area contributed by atoms with E-state index in [2.05, 4.69) is 21.2 Å². The second kappa shape index (κ2) is 7.26. The van der Waals surface area contributed by atoms with Crippen LogP contribution in [-0.4, -0.2) is 18.1 Å². The summed E-state index contributed by atoms with van der Waals surface area (Å²) in [7, 11) is 0. The average Bonchev–Trinajstić information content (AvgIpc) is 2.44. The van der Waals surface area contributed by atoms with E-state index < -0.39 is 0 Å². The highest BCUT2D eigenvalue weighted by atomic mass is 79.9. The van der Waals surface area contributed by atoms with Crippen molar-refractivity contribution in [3.05, 3.63) is 58.6 Å². The molecule has 0 heterocycles. The van der Waals surface area contributed by atoms with Crippen LogP contribution in [0, 0.1) is 0 Å². The summed E-state index contributed by atoms with van der Waals surface area (Å²) in [5, 5.41) is 3.28. The van der Waals surface area contributed by atoms with Gasteiger partial charge in [0.15, 0.2) is 0 Å². The first-order chi connectivity index (χ1) is 9.66. The number of halogens is 1. The minimum Gasteiger partial charge on any atom is -0.492 e. The van der Waals surface area contributed by atoms with E-state index in [1.165, 1.54) is 0 Å². The zero-order valence-electron chi connectivity index (χ0n) is 10.8. The lowest BCUT2D eigenvalue weighted by molar-refractivity contribution is 0.333. The standard InChI is InChI=1S/C15H15BrN2OS/c16-11-6-7-13(15(17)20)14(10-11)18-8-9-19-12-4-2-1-3-5-12/h1-7,10,18H,8-9H2,(H2,17,20). The predicted octanol–water partition coefficient (Wildman–Crippen LogP) is 3.57. The second-order valence-corrected chi connectivity index (χ2v) is 5.50. The maximum atomic E-state index is 5.70. The molecule has 0 aliphatic heterocycles. The molecule has 0 unspecified atom stereocenters. The number of anilines is 1. The van der Waals surface area contributed by atoms with Crippen molar-refractivity contribution in [1.29, 1.82) is 0 Å². The maximum Gasteiger partial charge on any atom is 0.119 e. The predicted molar refractivity (Wildman–Crippen MR) is 90.5 cm³/mol. The molecule has 0 aliphatic rings. The Bertz CT molecular complexity index is 590. The number of hydrogen-bond donors (Lipinski definition) is 2. The molecule has 0 saturated carbocycles. The minimum atomic E-state index is 0.379. The Balaban J connectivity index is 1.91. The van der Waals surface area contributed by atoms with Crippen LogP contribution in [-0.2, 0) is 0 Å². The molecule has 20 heavy (non-hydrogen) atoms. The van der Waals surface area contributed by atoms with Gasteiger partial charge in [0, 0.05) is 22.3 Å². The summed E-state index contributed by atoms with van der Waals surface area (Å²) >= 11 is 8.48. The van der Waals surface area contributed by atoms with Crippen LogP contribution in [0.3, 0.4) is 0 Å². The Morgan fingerprint density at radius 2 is 1.95 bits per heavy atom. The summed E-state index contributed by atoms with van der Waals surface area (Å²) in [6.07, 6.45) is 0. The van der Waals surface area contributed by atoms with E-state index in [1.54, 1.807) is 0 Å². The van der Waals surface area contributed by atoms with Crippen LogP contribution in [0.5, 0.6) is 5.75 Å². The van der Waals surface area contributed by atoms with E-state index in [1.807, 2.05) is 48.5 Å². The van der Waals surface area contributed by atoms with Gasteiger partial charge in [0.1, 0.15) is 17.3 Å². The Kier molecular flexibility index (Phi) is 5.38. The molecule has 2 aromatic carbocycles. The van der Waals surface area contributed by atoms with Gasteiger partial charge in [-0.3, -0.25) is 0 Å². The summed E-state index contributed by atoms with van der Waals surface area (Å²) in [4.78, 5) is 0.379. The van der Waals surface area contributed by atoms with Gasteiger partial charge >= 0.3 is 0 Å². The van der Waals surface area contributed by atoms with Gasteiger partial charge in [-0.05, 0) is 30.3 Å². The van der Waals surface area contributed by atoms with Crippen molar-refractivity contribution in [3.63, 3.8) is 0 Å². The lowest BCUT2D eigenvalue weighted by Gasteiger charge is -2.12. The van der Waals surface area contributed by atoms with Gasteiger partial charge in [-0.2, -0.15) is 0 Å². The lowest BCUT2D eigenvalue weighted by atomic mass is 10.2. The van der Waals surface area contributed by atoms with Gasteiger partial charge in [-0.15, -0.1) is 0 Å². The maximum absolute atomic E-state index is 5.70. The second-order valence-electron chi connectivity index (χ2n) is 4.14. The molecule has 0 bridgehead atoms. The van der Waals surface area contributed by atoms with Crippen molar-refractivity contribution < 1.29 is 4.74 Å². The summed E-state index contributed by atoms with van der Waals surface area (Å²) in [5.74, 6) is 0.859. The van der Waals surface area contributed by atoms with Gasteiger partial charge in [-0.25, -0.2) is 0 Å². The van der Waals surface area contributed by atoms with Crippen LogP contribution in [0.25, 0.3) is 0 Å². The number of hydrogen-bond acceptors (Lipinski definition) is 3. The van der Waals surface area contributed by atoms with E-state index in [0.29, 0.717) is 18.1 Å². The molecule has 0 fully saturated rings. The minimum absolute atomic E-state index is 0.379. The third-order valence-electron chi connectivity index (χ3n) is 2.68. The molecule has 0 saturated heterocycles. The lowest BCUT2D eigenvalue weighted by Crippen LogP contribution is -2.16. The van der Waals surface area contributed by atoms with Crippen molar-refractivity contribution in [1.82, 2.24) is 0 Å². The molecule has 0 aromatic heterocycles. The van der Waals surface area contributed by atoms with Gasteiger partial charge < -0.3 is 15.8 Å². The summed E-state index contributed by atoms with van der Waals surface area (Å²) in [5.41, 5.74) is 7.45. The van der Waals surface area contributed by atoms with E-state index in [0.717, 1.165) is 21.5 Å². The number of benzene rings is 2.